The molecule has 0 saturated carbocycles. The van der Waals surface area contributed by atoms with Gasteiger partial charge >= 0.3 is 16.5 Å². The van der Waals surface area contributed by atoms with E-state index in [-0.39, 0.29) is 16.5 Å². The average Bonchev–Trinajstić information content (AvgIpc) is 3.53. The zero-order chi connectivity index (χ0) is 19.6. The van der Waals surface area contributed by atoms with Crippen LogP contribution in [0.25, 0.3) is 10.8 Å². The summed E-state index contributed by atoms with van der Waals surface area (Å²) < 4.78 is 19.8. The third kappa shape index (κ3) is 37.4. The van der Waals surface area contributed by atoms with Gasteiger partial charge in [-0.3, -0.25) is 0 Å². The second kappa shape index (κ2) is 33.5. The Morgan fingerprint density at radius 1 is 0.444 bits per heavy atom. The first-order valence-electron chi connectivity index (χ1n) is 9.16. The number of rotatable bonds is 0. The normalized spacial score (nSPS) is 18.4. The van der Waals surface area contributed by atoms with Crippen LogP contribution in [0.1, 0.15) is 51.4 Å². The monoisotopic (exact) mass is 462 g/mol. The number of thiocarbonyl (C=S) groups is 2. The van der Waals surface area contributed by atoms with Crippen LogP contribution in [0.5, 0.6) is 0 Å². The zero-order valence-corrected chi connectivity index (χ0v) is 18.6. The van der Waals surface area contributed by atoms with Crippen molar-refractivity contribution in [2.75, 3.05) is 52.9 Å². The first-order chi connectivity index (χ1) is 12.8. The Hall–Kier alpha value is -0.0665. The molecule has 4 heterocycles. The fourth-order valence-corrected chi connectivity index (χ4v) is 2.04. The molecule has 0 bridgehead atoms. The van der Waals surface area contributed by atoms with E-state index in [4.69, 9.17) is 29.8 Å². The molecule has 27 heavy (non-hydrogen) atoms. The molecular formula is C18H32N2NiO4S2. The zero-order valence-electron chi connectivity index (χ0n) is 16.0. The maximum absolute atomic E-state index is 7.13. The van der Waals surface area contributed by atoms with E-state index in [2.05, 4.69) is 24.4 Å². The minimum absolute atomic E-state index is 0. The van der Waals surface area contributed by atoms with E-state index in [1.54, 1.807) is 0 Å². The average molecular weight is 463 g/mol. The van der Waals surface area contributed by atoms with E-state index < -0.39 is 0 Å². The summed E-state index contributed by atoms with van der Waals surface area (Å²) in [7, 11) is 0. The van der Waals surface area contributed by atoms with E-state index in [0.717, 1.165) is 52.9 Å². The second-order valence-electron chi connectivity index (χ2n) is 5.46. The standard InChI is InChI=1S/4C4H8O.2CNS.Ni/c4*1-2-4-5-3-1;2*2-1-3;/h4*1-4H2;;;/q;;;;2*-1;+2. The first kappa shape index (κ1) is 31.6. The molecule has 0 radical (unpaired) electrons. The van der Waals surface area contributed by atoms with Crippen molar-refractivity contribution in [1.82, 2.24) is 0 Å². The Morgan fingerprint density at radius 3 is 0.593 bits per heavy atom. The van der Waals surface area contributed by atoms with Crippen molar-refractivity contribution >= 4 is 34.8 Å². The van der Waals surface area contributed by atoms with Crippen molar-refractivity contribution in [2.45, 2.75) is 51.4 Å². The molecule has 0 unspecified atom stereocenters. The van der Waals surface area contributed by atoms with Gasteiger partial charge in [0.15, 0.2) is 0 Å². The molecule has 0 atom stereocenters. The van der Waals surface area contributed by atoms with Gasteiger partial charge in [-0.2, -0.15) is 10.3 Å². The van der Waals surface area contributed by atoms with Crippen LogP contribution in [0.15, 0.2) is 0 Å². The Kier molecular flexibility index (Phi) is 39.3. The van der Waals surface area contributed by atoms with Gasteiger partial charge in [0, 0.05) is 52.9 Å². The molecule has 4 aliphatic rings. The molecule has 0 N–H and O–H groups in total. The summed E-state index contributed by atoms with van der Waals surface area (Å²) in [6.07, 6.45) is 10.2. The Labute approximate surface area is 185 Å². The largest absolute Gasteiger partial charge is 2.00 e. The summed E-state index contributed by atoms with van der Waals surface area (Å²) in [5, 5.41) is 16.9. The van der Waals surface area contributed by atoms with Crippen molar-refractivity contribution in [3.05, 3.63) is 10.8 Å². The predicted octanol–water partition coefficient (Wildman–Crippen LogP) is 4.50. The number of ether oxygens (including phenoxy) is 4. The van der Waals surface area contributed by atoms with E-state index >= 15 is 0 Å². The smallest absolute Gasteiger partial charge is 0.753 e. The van der Waals surface area contributed by atoms with E-state index in [1.165, 1.54) is 61.7 Å². The molecule has 4 fully saturated rings. The molecule has 0 amide bonds. The number of nitrogens with zero attached hydrogens (tertiary/aromatic N) is 2. The van der Waals surface area contributed by atoms with Crippen molar-refractivity contribution in [3.8, 4) is 0 Å². The molecule has 0 aromatic carbocycles. The van der Waals surface area contributed by atoms with Gasteiger partial charge in [0.05, 0.1) is 0 Å². The Balaban J connectivity index is -0.000000258. The van der Waals surface area contributed by atoms with Crippen molar-refractivity contribution in [1.29, 1.82) is 0 Å². The maximum atomic E-state index is 7.13. The van der Waals surface area contributed by atoms with Crippen LogP contribution in [-0.4, -0.2) is 63.2 Å². The van der Waals surface area contributed by atoms with Crippen molar-refractivity contribution < 1.29 is 35.4 Å². The van der Waals surface area contributed by atoms with E-state index in [0.29, 0.717) is 0 Å². The summed E-state index contributed by atoms with van der Waals surface area (Å²) in [4.78, 5) is 0. The molecule has 0 aliphatic carbocycles. The Bertz CT molecular complexity index is 243. The van der Waals surface area contributed by atoms with Crippen LogP contribution in [-0.2, 0) is 35.4 Å². The predicted molar refractivity (Wildman–Crippen MR) is 112 cm³/mol. The van der Waals surface area contributed by atoms with Gasteiger partial charge in [-0.15, -0.1) is 0 Å². The molecular weight excluding hydrogens is 431 g/mol. The van der Waals surface area contributed by atoms with Gasteiger partial charge in [-0.05, 0) is 51.4 Å². The number of hydrogen-bond acceptors (Lipinski definition) is 6. The molecule has 6 nitrogen and oxygen atoms in total. The molecule has 4 aliphatic heterocycles. The Morgan fingerprint density at radius 2 is 0.556 bits per heavy atom. The van der Waals surface area contributed by atoms with Crippen LogP contribution >= 0.6 is 24.4 Å². The SMILES string of the molecule is C1CCOC1.C1CCOC1.C1CCOC1.C1CCOC1.[N-]=C=S.[N-]=C=S.[Ni+2]. The fourth-order valence-electron chi connectivity index (χ4n) is 2.04. The molecule has 4 rings (SSSR count). The first-order valence-corrected chi connectivity index (χ1v) is 9.98. The molecule has 0 spiro atoms. The molecule has 4 saturated heterocycles. The van der Waals surface area contributed by atoms with Crippen LogP contribution in [0.4, 0.5) is 0 Å². The third-order valence-corrected chi connectivity index (χ3v) is 3.31. The van der Waals surface area contributed by atoms with Gasteiger partial charge in [-0.1, -0.05) is 24.4 Å². The van der Waals surface area contributed by atoms with Gasteiger partial charge in [0.25, 0.3) is 0 Å². The minimum Gasteiger partial charge on any atom is -0.753 e. The minimum atomic E-state index is 0. The van der Waals surface area contributed by atoms with Crippen LogP contribution in [0.3, 0.4) is 0 Å². The number of isothiocyanates is 2. The van der Waals surface area contributed by atoms with Crippen LogP contribution in [0, 0.1) is 0 Å². The quantitative estimate of drug-likeness (QED) is 0.299. The van der Waals surface area contributed by atoms with E-state index in [1.807, 2.05) is 0 Å². The van der Waals surface area contributed by atoms with Gasteiger partial charge in [-0.25, -0.2) is 0 Å². The van der Waals surface area contributed by atoms with Crippen molar-refractivity contribution in [2.24, 2.45) is 0 Å². The molecule has 0 aromatic heterocycles. The number of hydrogen-bond donors (Lipinski definition) is 0. The van der Waals surface area contributed by atoms with Crippen molar-refractivity contribution in [3.63, 3.8) is 0 Å². The molecule has 0 aromatic rings. The summed E-state index contributed by atoms with van der Waals surface area (Å²) in [5.74, 6) is 0. The maximum Gasteiger partial charge on any atom is 2.00 e. The van der Waals surface area contributed by atoms with Crippen LogP contribution in [0.2, 0.25) is 0 Å². The van der Waals surface area contributed by atoms with Gasteiger partial charge in [0.1, 0.15) is 0 Å². The fraction of sp³-hybridized carbons (Fsp3) is 0.889. The second-order valence-corrected chi connectivity index (χ2v) is 5.83. The molecule has 9 heteroatoms. The summed E-state index contributed by atoms with van der Waals surface area (Å²) >= 11 is 7.40. The molecule has 160 valence electrons. The van der Waals surface area contributed by atoms with Gasteiger partial charge < -0.3 is 29.8 Å². The third-order valence-electron chi connectivity index (χ3n) is 3.31. The summed E-state index contributed by atoms with van der Waals surface area (Å²) in [6, 6.07) is 0. The van der Waals surface area contributed by atoms with E-state index in [9.17, 15) is 0 Å². The van der Waals surface area contributed by atoms with Gasteiger partial charge in [0.2, 0.25) is 0 Å². The summed E-state index contributed by atoms with van der Waals surface area (Å²) in [5.41, 5.74) is 0. The van der Waals surface area contributed by atoms with Crippen LogP contribution < -0.4 is 0 Å². The topological polar surface area (TPSA) is 81.5 Å². The summed E-state index contributed by atoms with van der Waals surface area (Å²) in [6.45, 7) is 8.00.